The van der Waals surface area contributed by atoms with Crippen molar-refractivity contribution in [2.75, 3.05) is 19.8 Å². The van der Waals surface area contributed by atoms with E-state index in [9.17, 15) is 35.1 Å². The van der Waals surface area contributed by atoms with Crippen LogP contribution in [0.2, 0.25) is 0 Å². The minimum absolute atomic E-state index is 0.0597. The summed E-state index contributed by atoms with van der Waals surface area (Å²) < 4.78 is 16.6. The van der Waals surface area contributed by atoms with Crippen molar-refractivity contribution in [3.8, 4) is 0 Å². The highest BCUT2D eigenvalue weighted by molar-refractivity contribution is 5.76. The number of carbonyl (C=O) groups excluding carboxylic acids is 2. The van der Waals surface area contributed by atoms with E-state index in [1.54, 1.807) is 6.08 Å². The fourth-order valence-electron chi connectivity index (χ4n) is 8.66. The van der Waals surface area contributed by atoms with Crippen LogP contribution in [0.5, 0.6) is 0 Å². The number of amides is 1. The highest BCUT2D eigenvalue weighted by Crippen LogP contribution is 2.23. The number of hydrogen-bond acceptors (Lipinski definition) is 10. The Kier molecular flexibility index (Phi) is 46.9. The Hall–Kier alpha value is -2.90. The number of allylic oxidation sites excluding steroid dienone is 10. The highest BCUT2D eigenvalue weighted by Gasteiger charge is 2.44. The Balaban J connectivity index is 2.07. The van der Waals surface area contributed by atoms with Gasteiger partial charge in [-0.3, -0.25) is 9.59 Å². The fourth-order valence-corrected chi connectivity index (χ4v) is 8.66. The van der Waals surface area contributed by atoms with Gasteiger partial charge in [-0.05, 0) is 96.3 Å². The Morgan fingerprint density at radius 1 is 0.528 bits per heavy atom. The molecule has 72 heavy (non-hydrogen) atoms. The zero-order chi connectivity index (χ0) is 52.4. The standard InChI is InChI=1S/C61H107NO10/c1-3-5-7-9-11-13-15-25-29-33-37-41-45-49-57(66)70-50-46-42-38-34-30-27-24-22-20-18-16-17-19-21-23-26-28-32-36-40-44-48-56(65)62-53(52-71-61-60(69)59(68)58(67)55(51-63)72-61)54(64)47-43-39-35-31-14-12-10-8-6-4-2/h6,8,13-15,27,30-31,38,42-43,47,53-55,58-61,63-64,67-69H,3-5,7,9-12,16-26,28-29,32-37,39-41,44-46,48-52H2,1-2H3,(H,62,65)/b8-6+,15-13-,30-27-,31-14+,42-38-,47-43+. The maximum absolute atomic E-state index is 13.0. The van der Waals surface area contributed by atoms with E-state index < -0.39 is 49.5 Å². The fraction of sp³-hybridized carbons (Fsp3) is 0.770. The second-order valence-electron chi connectivity index (χ2n) is 19.9. The molecule has 0 bridgehead atoms. The van der Waals surface area contributed by atoms with Gasteiger partial charge in [-0.2, -0.15) is 0 Å². The number of carbonyl (C=O) groups is 2. The lowest BCUT2D eigenvalue weighted by molar-refractivity contribution is -0.302. The van der Waals surface area contributed by atoms with Gasteiger partial charge in [0.2, 0.25) is 5.91 Å². The Labute approximate surface area is 439 Å². The molecular weight excluding hydrogens is 907 g/mol. The lowest BCUT2D eigenvalue weighted by atomic mass is 9.99. The van der Waals surface area contributed by atoms with Crippen molar-refractivity contribution in [1.82, 2.24) is 5.32 Å². The average Bonchev–Trinajstić information content (AvgIpc) is 3.38. The Morgan fingerprint density at radius 2 is 0.986 bits per heavy atom. The molecule has 416 valence electrons. The third kappa shape index (κ3) is 39.5. The Morgan fingerprint density at radius 3 is 1.53 bits per heavy atom. The molecule has 1 fully saturated rings. The molecule has 0 aliphatic carbocycles. The third-order valence-electron chi connectivity index (χ3n) is 13.3. The minimum atomic E-state index is -1.58. The van der Waals surface area contributed by atoms with E-state index in [2.05, 4.69) is 79.9 Å². The first-order valence-corrected chi connectivity index (χ1v) is 29.2. The lowest BCUT2D eigenvalue weighted by Crippen LogP contribution is -2.60. The van der Waals surface area contributed by atoms with Crippen LogP contribution in [0, 0.1) is 0 Å². The van der Waals surface area contributed by atoms with E-state index in [1.807, 2.05) is 6.08 Å². The van der Waals surface area contributed by atoms with Crippen molar-refractivity contribution in [3.63, 3.8) is 0 Å². The Bertz CT molecular complexity index is 1430. The predicted molar refractivity (Wildman–Crippen MR) is 296 cm³/mol. The summed E-state index contributed by atoms with van der Waals surface area (Å²) >= 11 is 0. The molecule has 11 heteroatoms. The van der Waals surface area contributed by atoms with Crippen molar-refractivity contribution in [2.24, 2.45) is 0 Å². The summed E-state index contributed by atoms with van der Waals surface area (Å²) in [6.45, 7) is 4.05. The number of ether oxygens (including phenoxy) is 3. The van der Waals surface area contributed by atoms with Crippen molar-refractivity contribution in [2.45, 2.75) is 281 Å². The lowest BCUT2D eigenvalue weighted by Gasteiger charge is -2.40. The van der Waals surface area contributed by atoms with Crippen molar-refractivity contribution in [3.05, 3.63) is 72.9 Å². The van der Waals surface area contributed by atoms with Gasteiger partial charge in [-0.1, -0.05) is 202 Å². The smallest absolute Gasteiger partial charge is 0.305 e. The summed E-state index contributed by atoms with van der Waals surface area (Å²) in [6.07, 6.45) is 56.0. The number of unbranched alkanes of at least 4 members (excludes halogenated alkanes) is 25. The summed E-state index contributed by atoms with van der Waals surface area (Å²) in [7, 11) is 0. The molecule has 1 amide bonds. The van der Waals surface area contributed by atoms with Gasteiger partial charge >= 0.3 is 5.97 Å². The molecule has 0 aromatic carbocycles. The van der Waals surface area contributed by atoms with Crippen LogP contribution >= 0.6 is 0 Å². The molecule has 1 heterocycles. The van der Waals surface area contributed by atoms with Gasteiger partial charge in [0.25, 0.3) is 0 Å². The third-order valence-corrected chi connectivity index (χ3v) is 13.3. The van der Waals surface area contributed by atoms with E-state index in [1.165, 1.54) is 122 Å². The number of aliphatic hydroxyl groups is 5. The van der Waals surface area contributed by atoms with Crippen molar-refractivity contribution >= 4 is 11.9 Å². The van der Waals surface area contributed by atoms with Gasteiger partial charge in [0.15, 0.2) is 6.29 Å². The molecule has 7 atom stereocenters. The number of aliphatic hydroxyl groups excluding tert-OH is 5. The van der Waals surface area contributed by atoms with Gasteiger partial charge in [0, 0.05) is 12.8 Å². The van der Waals surface area contributed by atoms with Gasteiger partial charge in [0.1, 0.15) is 24.4 Å². The second kappa shape index (κ2) is 50.3. The molecule has 7 unspecified atom stereocenters. The molecule has 0 saturated carbocycles. The number of nitrogens with one attached hydrogen (secondary N) is 1. The molecule has 0 aromatic rings. The summed E-state index contributed by atoms with van der Waals surface area (Å²) in [5, 5.41) is 54.2. The van der Waals surface area contributed by atoms with Crippen molar-refractivity contribution < 1.29 is 49.3 Å². The quantitative estimate of drug-likeness (QED) is 0.0195. The normalized spacial score (nSPS) is 19.6. The van der Waals surface area contributed by atoms with Gasteiger partial charge < -0.3 is 45.1 Å². The van der Waals surface area contributed by atoms with E-state index >= 15 is 0 Å². The van der Waals surface area contributed by atoms with Gasteiger partial charge in [0.05, 0.1) is 32.0 Å². The summed E-state index contributed by atoms with van der Waals surface area (Å²) in [6, 6.07) is -0.839. The van der Waals surface area contributed by atoms with E-state index in [4.69, 9.17) is 14.2 Å². The van der Waals surface area contributed by atoms with Crippen LogP contribution in [-0.4, -0.2) is 100 Å². The van der Waals surface area contributed by atoms with Crippen LogP contribution in [0.25, 0.3) is 0 Å². The number of hydrogen-bond donors (Lipinski definition) is 6. The molecule has 0 aromatic heterocycles. The molecule has 1 saturated heterocycles. The second-order valence-corrected chi connectivity index (χ2v) is 19.9. The summed E-state index contributed by atoms with van der Waals surface area (Å²) in [5.74, 6) is -0.265. The van der Waals surface area contributed by atoms with E-state index in [-0.39, 0.29) is 18.5 Å². The van der Waals surface area contributed by atoms with Crippen LogP contribution in [0.3, 0.4) is 0 Å². The maximum Gasteiger partial charge on any atom is 0.305 e. The monoisotopic (exact) mass is 1010 g/mol. The molecule has 1 rings (SSSR count). The minimum Gasteiger partial charge on any atom is -0.465 e. The van der Waals surface area contributed by atoms with Gasteiger partial charge in [-0.25, -0.2) is 0 Å². The van der Waals surface area contributed by atoms with Crippen LogP contribution in [0.1, 0.15) is 239 Å². The average molecular weight is 1010 g/mol. The zero-order valence-corrected chi connectivity index (χ0v) is 45.6. The number of rotatable bonds is 49. The maximum atomic E-state index is 13.0. The summed E-state index contributed by atoms with van der Waals surface area (Å²) in [4.78, 5) is 25.0. The summed E-state index contributed by atoms with van der Waals surface area (Å²) in [5.41, 5.74) is 0. The largest absolute Gasteiger partial charge is 0.465 e. The first-order valence-electron chi connectivity index (χ1n) is 29.2. The molecule has 1 aliphatic heterocycles. The zero-order valence-electron chi connectivity index (χ0n) is 45.6. The first-order chi connectivity index (χ1) is 35.2. The predicted octanol–water partition coefficient (Wildman–Crippen LogP) is 13.2. The van der Waals surface area contributed by atoms with Gasteiger partial charge in [-0.15, -0.1) is 0 Å². The topological polar surface area (TPSA) is 175 Å². The molecule has 0 spiro atoms. The molecule has 11 nitrogen and oxygen atoms in total. The molecular formula is C61H107NO10. The first kappa shape index (κ1) is 67.1. The SMILES string of the molecule is CC/C=C/CC/C=C/CC/C=C/C(O)C(COC1OC(CO)C(O)C(O)C1O)NC(=O)CCCCCCCCCCCCCCCC/C=C\C/C=C\CCOC(=O)CCCCCCC/C=C\CCCCCC. The number of esters is 1. The van der Waals surface area contributed by atoms with Crippen LogP contribution in [0.4, 0.5) is 0 Å². The van der Waals surface area contributed by atoms with E-state index in [0.717, 1.165) is 89.9 Å². The highest BCUT2D eigenvalue weighted by atomic mass is 16.7. The molecule has 1 aliphatic rings. The van der Waals surface area contributed by atoms with Crippen LogP contribution in [-0.2, 0) is 23.8 Å². The van der Waals surface area contributed by atoms with Crippen LogP contribution in [0.15, 0.2) is 72.9 Å². The molecule has 0 radical (unpaired) electrons. The van der Waals surface area contributed by atoms with E-state index in [0.29, 0.717) is 19.4 Å². The van der Waals surface area contributed by atoms with Crippen LogP contribution < -0.4 is 5.32 Å². The molecule has 6 N–H and O–H groups in total. The van der Waals surface area contributed by atoms with Crippen molar-refractivity contribution in [1.29, 1.82) is 0 Å².